The second kappa shape index (κ2) is 6.29. The molecule has 0 saturated heterocycles. The maximum atomic E-state index is 12.2. The van der Waals surface area contributed by atoms with Gasteiger partial charge in [0.25, 0.3) is 0 Å². The van der Waals surface area contributed by atoms with Crippen LogP contribution in [-0.2, 0) is 6.42 Å². The molecule has 0 atom stereocenters. The topological polar surface area (TPSA) is 17.1 Å². The molecule has 0 radical (unpaired) electrons. The maximum Gasteiger partial charge on any atom is 0.167 e. The van der Waals surface area contributed by atoms with Crippen LogP contribution in [0, 0.1) is 0 Å². The molecule has 1 aromatic heterocycles. The normalized spacial score (nSPS) is 10.5. The summed E-state index contributed by atoms with van der Waals surface area (Å²) in [5, 5.41) is 2.06. The van der Waals surface area contributed by atoms with Gasteiger partial charge in [-0.25, -0.2) is 0 Å². The minimum absolute atomic E-state index is 0.158. The molecule has 2 aromatic carbocycles. The van der Waals surface area contributed by atoms with E-state index in [2.05, 4.69) is 36.2 Å². The zero-order valence-corrected chi connectivity index (χ0v) is 13.0. The Morgan fingerprint density at radius 3 is 2.43 bits per heavy atom. The third-order valence-corrected chi connectivity index (χ3v) is 4.59. The van der Waals surface area contributed by atoms with Gasteiger partial charge in [-0.3, -0.25) is 4.79 Å². The highest BCUT2D eigenvalue weighted by Gasteiger charge is 2.09. The molecule has 1 nitrogen and oxygen atoms in total. The lowest BCUT2D eigenvalue weighted by Gasteiger charge is -1.99. The molecule has 0 bridgehead atoms. The van der Waals surface area contributed by atoms with Gasteiger partial charge in [-0.15, -0.1) is 24.0 Å². The molecule has 21 heavy (non-hydrogen) atoms. The van der Waals surface area contributed by atoms with Gasteiger partial charge in [0.2, 0.25) is 0 Å². The highest BCUT2D eigenvalue weighted by atomic mass is 32.1. The van der Waals surface area contributed by atoms with Crippen LogP contribution < -0.4 is 0 Å². The number of hydrogen-bond acceptors (Lipinski definition) is 3. The van der Waals surface area contributed by atoms with Crippen molar-refractivity contribution >= 4 is 29.7 Å². The smallest absolute Gasteiger partial charge is 0.167 e. The summed E-state index contributed by atoms with van der Waals surface area (Å²) in [7, 11) is 0. The standard InChI is InChI=1S/C18H14OS2/c19-17(14-4-2-1-3-5-14)10-13-11-18(21-12-13)15-6-8-16(20)9-7-15/h1-9,11-12,20H,10H2. The van der Waals surface area contributed by atoms with Gasteiger partial charge in [-0.1, -0.05) is 42.5 Å². The van der Waals surface area contributed by atoms with E-state index in [-0.39, 0.29) is 5.78 Å². The van der Waals surface area contributed by atoms with E-state index >= 15 is 0 Å². The van der Waals surface area contributed by atoms with Crippen molar-refractivity contribution in [3.8, 4) is 10.4 Å². The molecular formula is C18H14OS2. The molecule has 104 valence electrons. The van der Waals surface area contributed by atoms with Gasteiger partial charge >= 0.3 is 0 Å². The Morgan fingerprint density at radius 2 is 1.71 bits per heavy atom. The molecule has 0 spiro atoms. The second-order valence-corrected chi connectivity index (χ2v) is 6.26. The highest BCUT2D eigenvalue weighted by Crippen LogP contribution is 2.28. The number of thiophene rings is 1. The molecule has 0 fully saturated rings. The van der Waals surface area contributed by atoms with Crippen molar-refractivity contribution in [1.29, 1.82) is 0 Å². The molecule has 0 N–H and O–H groups in total. The van der Waals surface area contributed by atoms with E-state index in [0.29, 0.717) is 6.42 Å². The monoisotopic (exact) mass is 310 g/mol. The number of ketones is 1. The third kappa shape index (κ3) is 3.43. The Morgan fingerprint density at radius 1 is 1.00 bits per heavy atom. The molecule has 3 rings (SSSR count). The van der Waals surface area contributed by atoms with Crippen LogP contribution in [0.1, 0.15) is 15.9 Å². The lowest BCUT2D eigenvalue weighted by atomic mass is 10.0. The summed E-state index contributed by atoms with van der Waals surface area (Å²) in [5.41, 5.74) is 3.00. The van der Waals surface area contributed by atoms with Gasteiger partial charge < -0.3 is 0 Å². The van der Waals surface area contributed by atoms with E-state index in [1.807, 2.05) is 42.5 Å². The lowest BCUT2D eigenvalue weighted by molar-refractivity contribution is 0.0993. The molecule has 3 heteroatoms. The van der Waals surface area contributed by atoms with Gasteiger partial charge in [-0.2, -0.15) is 0 Å². The average molecular weight is 310 g/mol. The molecule has 1 heterocycles. The fourth-order valence-electron chi connectivity index (χ4n) is 2.16. The van der Waals surface area contributed by atoms with E-state index in [4.69, 9.17) is 0 Å². The van der Waals surface area contributed by atoms with Crippen molar-refractivity contribution in [1.82, 2.24) is 0 Å². The van der Waals surface area contributed by atoms with Crippen molar-refractivity contribution < 1.29 is 4.79 Å². The van der Waals surface area contributed by atoms with E-state index in [0.717, 1.165) is 21.6 Å². The number of Topliss-reactive ketones (excluding diaryl/α,β-unsaturated/α-hetero) is 1. The summed E-state index contributed by atoms with van der Waals surface area (Å²) in [6.07, 6.45) is 0.450. The van der Waals surface area contributed by atoms with Crippen molar-refractivity contribution in [3.05, 3.63) is 77.2 Å². The summed E-state index contributed by atoms with van der Waals surface area (Å²) in [4.78, 5) is 14.3. The molecule has 0 amide bonds. The van der Waals surface area contributed by atoms with E-state index in [1.54, 1.807) is 11.3 Å². The number of carbonyl (C=O) groups excluding carboxylic acids is 1. The van der Waals surface area contributed by atoms with E-state index in [9.17, 15) is 4.79 Å². The van der Waals surface area contributed by atoms with Gasteiger partial charge in [0.05, 0.1) is 0 Å². The zero-order chi connectivity index (χ0) is 14.7. The Balaban J connectivity index is 1.76. The predicted octanol–water partition coefficient (Wildman–Crippen LogP) is 5.13. The first-order valence-corrected chi connectivity index (χ1v) is 8.00. The zero-order valence-electron chi connectivity index (χ0n) is 11.3. The molecular weight excluding hydrogens is 296 g/mol. The van der Waals surface area contributed by atoms with Crippen molar-refractivity contribution in [2.75, 3.05) is 0 Å². The second-order valence-electron chi connectivity index (χ2n) is 4.83. The van der Waals surface area contributed by atoms with Gasteiger partial charge in [0, 0.05) is 21.8 Å². The highest BCUT2D eigenvalue weighted by molar-refractivity contribution is 7.80. The number of hydrogen-bond donors (Lipinski definition) is 1. The fourth-order valence-corrected chi connectivity index (χ4v) is 3.23. The van der Waals surface area contributed by atoms with Crippen LogP contribution in [-0.4, -0.2) is 5.78 Å². The fraction of sp³-hybridized carbons (Fsp3) is 0.0556. The lowest BCUT2D eigenvalue weighted by Crippen LogP contribution is -2.01. The van der Waals surface area contributed by atoms with Crippen LogP contribution in [0.2, 0.25) is 0 Å². The summed E-state index contributed by atoms with van der Waals surface area (Å²) in [6.45, 7) is 0. The van der Waals surface area contributed by atoms with Gasteiger partial charge in [0.15, 0.2) is 5.78 Å². The summed E-state index contributed by atoms with van der Waals surface area (Å²) in [6, 6.07) is 19.6. The predicted molar refractivity (Wildman–Crippen MR) is 91.5 cm³/mol. The maximum absolute atomic E-state index is 12.2. The number of rotatable bonds is 4. The summed E-state index contributed by atoms with van der Waals surface area (Å²) < 4.78 is 0. The van der Waals surface area contributed by atoms with E-state index in [1.165, 1.54) is 4.88 Å². The summed E-state index contributed by atoms with van der Waals surface area (Å²) >= 11 is 5.96. The quantitative estimate of drug-likeness (QED) is 0.522. The number of thiol groups is 1. The van der Waals surface area contributed by atoms with Crippen LogP contribution in [0.5, 0.6) is 0 Å². The molecule has 0 aliphatic carbocycles. The van der Waals surface area contributed by atoms with Crippen LogP contribution in [0.15, 0.2) is 70.9 Å². The first kappa shape index (κ1) is 14.1. The molecule has 0 aliphatic rings. The minimum atomic E-state index is 0.158. The Kier molecular flexibility index (Phi) is 4.23. The van der Waals surface area contributed by atoms with Crippen LogP contribution >= 0.6 is 24.0 Å². The SMILES string of the molecule is O=C(Cc1csc(-c2ccc(S)cc2)c1)c1ccccc1. The Bertz CT molecular complexity index is 742. The number of benzene rings is 2. The van der Waals surface area contributed by atoms with Gasteiger partial charge in [-0.05, 0) is 34.7 Å². The van der Waals surface area contributed by atoms with Crippen molar-refractivity contribution in [2.24, 2.45) is 0 Å². The largest absolute Gasteiger partial charge is 0.294 e. The molecule has 0 unspecified atom stereocenters. The Labute approximate surface area is 133 Å². The van der Waals surface area contributed by atoms with Crippen LogP contribution in [0.4, 0.5) is 0 Å². The number of carbonyl (C=O) groups is 1. The van der Waals surface area contributed by atoms with Crippen molar-refractivity contribution in [2.45, 2.75) is 11.3 Å². The Hall–Kier alpha value is -1.84. The molecule has 0 saturated carbocycles. The third-order valence-electron chi connectivity index (χ3n) is 3.27. The summed E-state index contributed by atoms with van der Waals surface area (Å²) in [5.74, 6) is 0.158. The van der Waals surface area contributed by atoms with Crippen LogP contribution in [0.25, 0.3) is 10.4 Å². The average Bonchev–Trinajstić information content (AvgIpc) is 2.97. The minimum Gasteiger partial charge on any atom is -0.294 e. The van der Waals surface area contributed by atoms with Crippen molar-refractivity contribution in [3.63, 3.8) is 0 Å². The van der Waals surface area contributed by atoms with Crippen LogP contribution in [0.3, 0.4) is 0 Å². The van der Waals surface area contributed by atoms with Gasteiger partial charge in [0.1, 0.15) is 0 Å². The molecule has 3 aromatic rings. The first-order valence-electron chi connectivity index (χ1n) is 6.67. The first-order chi connectivity index (χ1) is 10.2. The molecule has 0 aliphatic heterocycles. The van der Waals surface area contributed by atoms with E-state index < -0.39 is 0 Å².